The van der Waals surface area contributed by atoms with Crippen LogP contribution in [-0.4, -0.2) is 18.4 Å². The SMILES string of the molecule is CCCOc1cc(C)ccc1NC(=O)CCl. The standard InChI is InChI=1S/C12H16ClNO2/c1-3-6-16-11-7-9(2)4-5-10(11)14-12(15)8-13/h4-5,7H,3,6,8H2,1-2H3,(H,14,15). The maximum Gasteiger partial charge on any atom is 0.239 e. The van der Waals surface area contributed by atoms with Crippen molar-refractivity contribution in [3.05, 3.63) is 23.8 Å². The Morgan fingerprint density at radius 3 is 2.88 bits per heavy atom. The molecule has 88 valence electrons. The maximum atomic E-state index is 11.2. The van der Waals surface area contributed by atoms with Crippen LogP contribution in [0.25, 0.3) is 0 Å². The number of hydrogen-bond donors (Lipinski definition) is 1. The molecule has 0 aliphatic rings. The van der Waals surface area contributed by atoms with Gasteiger partial charge in [0.25, 0.3) is 0 Å². The molecular weight excluding hydrogens is 226 g/mol. The summed E-state index contributed by atoms with van der Waals surface area (Å²) in [6, 6.07) is 5.65. The summed E-state index contributed by atoms with van der Waals surface area (Å²) in [6.07, 6.45) is 0.927. The summed E-state index contributed by atoms with van der Waals surface area (Å²) in [7, 11) is 0. The molecule has 16 heavy (non-hydrogen) atoms. The van der Waals surface area contributed by atoms with E-state index >= 15 is 0 Å². The third-order valence-electron chi connectivity index (χ3n) is 1.99. The molecular formula is C12H16ClNO2. The van der Waals surface area contributed by atoms with Gasteiger partial charge in [0, 0.05) is 0 Å². The molecule has 0 atom stereocenters. The van der Waals surface area contributed by atoms with Gasteiger partial charge in [0.05, 0.1) is 12.3 Å². The molecule has 0 heterocycles. The van der Waals surface area contributed by atoms with Crippen LogP contribution < -0.4 is 10.1 Å². The van der Waals surface area contributed by atoms with Gasteiger partial charge in [0.1, 0.15) is 11.6 Å². The van der Waals surface area contributed by atoms with Crippen molar-refractivity contribution in [1.82, 2.24) is 0 Å². The number of hydrogen-bond acceptors (Lipinski definition) is 2. The van der Waals surface area contributed by atoms with Gasteiger partial charge in [-0.2, -0.15) is 0 Å². The number of carbonyl (C=O) groups excluding carboxylic acids is 1. The van der Waals surface area contributed by atoms with E-state index in [2.05, 4.69) is 5.32 Å². The third kappa shape index (κ3) is 3.74. The second-order valence-corrected chi connectivity index (χ2v) is 3.80. The summed E-state index contributed by atoms with van der Waals surface area (Å²) in [5.74, 6) is 0.411. The average Bonchev–Trinajstić information content (AvgIpc) is 2.29. The molecule has 1 rings (SSSR count). The number of anilines is 1. The molecule has 1 N–H and O–H groups in total. The zero-order valence-electron chi connectivity index (χ0n) is 9.55. The van der Waals surface area contributed by atoms with Crippen LogP contribution in [0.3, 0.4) is 0 Å². The van der Waals surface area contributed by atoms with Gasteiger partial charge in [-0.05, 0) is 31.0 Å². The summed E-state index contributed by atoms with van der Waals surface area (Å²) in [4.78, 5) is 11.2. The van der Waals surface area contributed by atoms with Crippen molar-refractivity contribution in [2.24, 2.45) is 0 Å². The number of carbonyl (C=O) groups is 1. The van der Waals surface area contributed by atoms with E-state index in [1.165, 1.54) is 0 Å². The Kier molecular flexibility index (Phi) is 5.12. The molecule has 3 nitrogen and oxygen atoms in total. The van der Waals surface area contributed by atoms with Crippen LogP contribution in [0.15, 0.2) is 18.2 Å². The van der Waals surface area contributed by atoms with E-state index in [-0.39, 0.29) is 11.8 Å². The molecule has 1 amide bonds. The molecule has 0 unspecified atom stereocenters. The van der Waals surface area contributed by atoms with Gasteiger partial charge < -0.3 is 10.1 Å². The highest BCUT2D eigenvalue weighted by Gasteiger charge is 2.07. The Labute approximate surface area is 101 Å². The first-order valence-corrected chi connectivity index (χ1v) is 5.80. The summed E-state index contributed by atoms with van der Waals surface area (Å²) in [5.41, 5.74) is 1.76. The minimum Gasteiger partial charge on any atom is -0.491 e. The number of rotatable bonds is 5. The number of ether oxygens (including phenoxy) is 1. The van der Waals surface area contributed by atoms with Gasteiger partial charge in [0.2, 0.25) is 5.91 Å². The van der Waals surface area contributed by atoms with Gasteiger partial charge in [-0.3, -0.25) is 4.79 Å². The molecule has 1 aromatic carbocycles. The van der Waals surface area contributed by atoms with E-state index in [0.717, 1.165) is 12.0 Å². The van der Waals surface area contributed by atoms with Crippen molar-refractivity contribution in [2.45, 2.75) is 20.3 Å². The Bertz CT molecular complexity index is 366. The lowest BCUT2D eigenvalue weighted by molar-refractivity contribution is -0.113. The minimum absolute atomic E-state index is 0.0545. The topological polar surface area (TPSA) is 38.3 Å². The predicted molar refractivity (Wildman–Crippen MR) is 66.3 cm³/mol. The van der Waals surface area contributed by atoms with E-state index in [0.29, 0.717) is 18.0 Å². The van der Waals surface area contributed by atoms with Gasteiger partial charge >= 0.3 is 0 Å². The molecule has 0 saturated heterocycles. The molecule has 4 heteroatoms. The fourth-order valence-corrected chi connectivity index (χ4v) is 1.31. The highest BCUT2D eigenvalue weighted by Crippen LogP contribution is 2.25. The number of benzene rings is 1. The van der Waals surface area contributed by atoms with Crippen LogP contribution in [0.5, 0.6) is 5.75 Å². The van der Waals surface area contributed by atoms with E-state index in [1.807, 2.05) is 32.0 Å². The fraction of sp³-hybridized carbons (Fsp3) is 0.417. The Hall–Kier alpha value is -1.22. The lowest BCUT2D eigenvalue weighted by Crippen LogP contribution is -2.13. The van der Waals surface area contributed by atoms with Crippen molar-refractivity contribution in [3.63, 3.8) is 0 Å². The Morgan fingerprint density at radius 1 is 1.50 bits per heavy atom. The second-order valence-electron chi connectivity index (χ2n) is 3.53. The lowest BCUT2D eigenvalue weighted by atomic mass is 10.2. The van der Waals surface area contributed by atoms with E-state index in [1.54, 1.807) is 0 Å². The largest absolute Gasteiger partial charge is 0.491 e. The highest BCUT2D eigenvalue weighted by atomic mass is 35.5. The fourth-order valence-electron chi connectivity index (χ4n) is 1.25. The van der Waals surface area contributed by atoms with Gasteiger partial charge in [0.15, 0.2) is 0 Å². The molecule has 0 aliphatic heterocycles. The molecule has 0 bridgehead atoms. The molecule has 0 fully saturated rings. The first kappa shape index (κ1) is 12.8. The highest BCUT2D eigenvalue weighted by molar-refractivity contribution is 6.29. The van der Waals surface area contributed by atoms with Crippen LogP contribution in [0.2, 0.25) is 0 Å². The Morgan fingerprint density at radius 2 is 2.25 bits per heavy atom. The van der Waals surface area contributed by atoms with Gasteiger partial charge in [-0.25, -0.2) is 0 Å². The van der Waals surface area contributed by atoms with Crippen LogP contribution in [0.4, 0.5) is 5.69 Å². The third-order valence-corrected chi connectivity index (χ3v) is 2.24. The average molecular weight is 242 g/mol. The number of alkyl halides is 1. The first-order valence-electron chi connectivity index (χ1n) is 5.26. The number of nitrogens with one attached hydrogen (secondary N) is 1. The normalized spacial score (nSPS) is 9.94. The smallest absolute Gasteiger partial charge is 0.239 e. The molecule has 1 aromatic rings. The van der Waals surface area contributed by atoms with E-state index in [9.17, 15) is 4.79 Å². The molecule has 0 spiro atoms. The first-order chi connectivity index (χ1) is 7.67. The zero-order valence-corrected chi connectivity index (χ0v) is 10.3. The van der Waals surface area contributed by atoms with E-state index in [4.69, 9.17) is 16.3 Å². The van der Waals surface area contributed by atoms with Crippen LogP contribution in [-0.2, 0) is 4.79 Å². The lowest BCUT2D eigenvalue weighted by Gasteiger charge is -2.12. The van der Waals surface area contributed by atoms with Crippen LogP contribution in [0.1, 0.15) is 18.9 Å². The van der Waals surface area contributed by atoms with Crippen molar-refractivity contribution >= 4 is 23.2 Å². The van der Waals surface area contributed by atoms with Crippen molar-refractivity contribution < 1.29 is 9.53 Å². The van der Waals surface area contributed by atoms with Crippen LogP contribution >= 0.6 is 11.6 Å². The quantitative estimate of drug-likeness (QED) is 0.805. The van der Waals surface area contributed by atoms with Gasteiger partial charge in [-0.1, -0.05) is 13.0 Å². The number of halogens is 1. The minimum atomic E-state index is -0.230. The predicted octanol–water partition coefficient (Wildman–Crippen LogP) is 2.96. The van der Waals surface area contributed by atoms with Crippen molar-refractivity contribution in [2.75, 3.05) is 17.8 Å². The van der Waals surface area contributed by atoms with Gasteiger partial charge in [-0.15, -0.1) is 11.6 Å². The summed E-state index contributed by atoms with van der Waals surface area (Å²) >= 11 is 5.44. The molecule has 0 saturated carbocycles. The Balaban J connectivity index is 2.84. The molecule has 0 radical (unpaired) electrons. The number of aryl methyl sites for hydroxylation is 1. The second kappa shape index (κ2) is 6.38. The van der Waals surface area contributed by atoms with Crippen molar-refractivity contribution in [3.8, 4) is 5.75 Å². The van der Waals surface area contributed by atoms with E-state index < -0.39 is 0 Å². The monoisotopic (exact) mass is 241 g/mol. The van der Waals surface area contributed by atoms with Crippen molar-refractivity contribution in [1.29, 1.82) is 0 Å². The van der Waals surface area contributed by atoms with Crippen LogP contribution in [0, 0.1) is 6.92 Å². The summed E-state index contributed by atoms with van der Waals surface area (Å²) in [6.45, 7) is 4.64. The molecule has 0 aromatic heterocycles. The maximum absolute atomic E-state index is 11.2. The molecule has 0 aliphatic carbocycles. The number of amides is 1. The summed E-state index contributed by atoms with van der Waals surface area (Å²) in [5, 5.41) is 2.70. The zero-order chi connectivity index (χ0) is 12.0. The summed E-state index contributed by atoms with van der Waals surface area (Å²) < 4.78 is 5.55.